The molecule has 0 aliphatic heterocycles. The van der Waals surface area contributed by atoms with Crippen molar-refractivity contribution in [1.29, 1.82) is 0 Å². The summed E-state index contributed by atoms with van der Waals surface area (Å²) in [5, 5.41) is 16.3. The van der Waals surface area contributed by atoms with Gasteiger partial charge < -0.3 is 10.4 Å². The summed E-state index contributed by atoms with van der Waals surface area (Å²) in [6.45, 7) is 3.38. The Morgan fingerprint density at radius 1 is 1.22 bits per heavy atom. The number of nitrogens with one attached hydrogen (secondary N) is 1. The zero-order chi connectivity index (χ0) is 20.4. The number of aryl methyl sites for hydroxylation is 1. The van der Waals surface area contributed by atoms with Gasteiger partial charge in [0.25, 0.3) is 0 Å². The second-order valence-electron chi connectivity index (χ2n) is 7.37. The number of halogens is 3. The summed E-state index contributed by atoms with van der Waals surface area (Å²) in [4.78, 5) is 24.7. The number of aliphatic carboxylic acids is 1. The Balaban J connectivity index is 2.25. The summed E-state index contributed by atoms with van der Waals surface area (Å²) < 4.78 is 39.0. The normalized spacial score (nSPS) is 18.6. The van der Waals surface area contributed by atoms with Gasteiger partial charge in [-0.1, -0.05) is 25.7 Å². The summed E-state index contributed by atoms with van der Waals surface area (Å²) in [5.74, 6) is -2.37. The lowest BCUT2D eigenvalue weighted by Crippen LogP contribution is -2.55. The molecule has 1 unspecified atom stereocenters. The third-order valence-corrected chi connectivity index (χ3v) is 5.32. The molecule has 0 saturated heterocycles. The predicted molar refractivity (Wildman–Crippen MR) is 92.4 cm³/mol. The molecule has 27 heavy (non-hydrogen) atoms. The maximum atomic E-state index is 12.8. The minimum Gasteiger partial charge on any atom is -0.480 e. The van der Waals surface area contributed by atoms with Crippen LogP contribution >= 0.6 is 0 Å². The van der Waals surface area contributed by atoms with E-state index in [1.807, 2.05) is 0 Å². The SMILES string of the molecule is Cc1nn(CC(F)(F)F)c(C)c1C(C)C(=O)NC1(C(=O)O)CCCCCC1. The zero-order valence-corrected chi connectivity index (χ0v) is 15.8. The van der Waals surface area contributed by atoms with E-state index in [0.717, 1.165) is 17.5 Å². The molecule has 2 rings (SSSR count). The number of carbonyl (C=O) groups excluding carboxylic acids is 1. The lowest BCUT2D eigenvalue weighted by molar-refractivity contribution is -0.148. The Bertz CT molecular complexity index is 705. The molecule has 9 heteroatoms. The standard InChI is InChI=1S/C18H26F3N3O3/c1-11(14-12(2)23-24(13(14)3)10-18(19,20)21)15(25)22-17(16(26)27)8-6-4-5-7-9-17/h11H,4-10H2,1-3H3,(H,22,25)(H,26,27). The van der Waals surface area contributed by atoms with Crippen molar-refractivity contribution in [1.82, 2.24) is 15.1 Å². The number of carbonyl (C=O) groups is 2. The number of carboxylic acids is 1. The van der Waals surface area contributed by atoms with Crippen molar-refractivity contribution >= 4 is 11.9 Å². The Morgan fingerprint density at radius 3 is 2.26 bits per heavy atom. The highest BCUT2D eigenvalue weighted by Gasteiger charge is 2.41. The van der Waals surface area contributed by atoms with Gasteiger partial charge in [0.2, 0.25) is 5.91 Å². The van der Waals surface area contributed by atoms with Crippen LogP contribution in [-0.2, 0) is 16.1 Å². The largest absolute Gasteiger partial charge is 0.480 e. The van der Waals surface area contributed by atoms with E-state index < -0.39 is 36.1 Å². The molecule has 1 atom stereocenters. The van der Waals surface area contributed by atoms with Crippen LogP contribution in [-0.4, -0.2) is 38.5 Å². The molecule has 6 nitrogen and oxygen atoms in total. The minimum absolute atomic E-state index is 0.262. The summed E-state index contributed by atoms with van der Waals surface area (Å²) in [7, 11) is 0. The number of rotatable bonds is 5. The van der Waals surface area contributed by atoms with Gasteiger partial charge in [-0.15, -0.1) is 0 Å². The Morgan fingerprint density at radius 2 is 1.78 bits per heavy atom. The van der Waals surface area contributed by atoms with Gasteiger partial charge in [-0.05, 0) is 33.6 Å². The third kappa shape index (κ3) is 4.81. The molecule has 0 bridgehead atoms. The summed E-state index contributed by atoms with van der Waals surface area (Å²) in [6, 6.07) is 0. The van der Waals surface area contributed by atoms with Gasteiger partial charge in [-0.3, -0.25) is 9.48 Å². The summed E-state index contributed by atoms with van der Waals surface area (Å²) >= 11 is 0. The Labute approximate surface area is 156 Å². The van der Waals surface area contributed by atoms with E-state index in [1.54, 1.807) is 13.8 Å². The number of hydrogen-bond acceptors (Lipinski definition) is 3. The van der Waals surface area contributed by atoms with Crippen molar-refractivity contribution in [3.05, 3.63) is 17.0 Å². The van der Waals surface area contributed by atoms with Crippen LogP contribution in [0.4, 0.5) is 13.2 Å². The van der Waals surface area contributed by atoms with Gasteiger partial charge in [-0.2, -0.15) is 18.3 Å². The van der Waals surface area contributed by atoms with E-state index in [2.05, 4.69) is 10.4 Å². The first-order valence-corrected chi connectivity index (χ1v) is 9.13. The fourth-order valence-corrected chi connectivity index (χ4v) is 3.86. The number of alkyl halides is 3. The maximum absolute atomic E-state index is 12.8. The van der Waals surface area contributed by atoms with Crippen molar-refractivity contribution < 1.29 is 27.9 Å². The summed E-state index contributed by atoms with van der Waals surface area (Å²) in [6.07, 6.45) is -0.450. The van der Waals surface area contributed by atoms with Crippen LogP contribution in [0.2, 0.25) is 0 Å². The van der Waals surface area contributed by atoms with Gasteiger partial charge in [0, 0.05) is 11.3 Å². The van der Waals surface area contributed by atoms with Crippen molar-refractivity contribution in [2.45, 2.75) is 83.5 Å². The third-order valence-electron chi connectivity index (χ3n) is 5.32. The first kappa shape index (κ1) is 21.2. The lowest BCUT2D eigenvalue weighted by Gasteiger charge is -2.30. The fourth-order valence-electron chi connectivity index (χ4n) is 3.86. The first-order chi connectivity index (χ1) is 12.5. The molecular weight excluding hydrogens is 363 g/mol. The highest BCUT2D eigenvalue weighted by atomic mass is 19.4. The molecule has 0 radical (unpaired) electrons. The van der Waals surface area contributed by atoms with Crippen LogP contribution in [0, 0.1) is 13.8 Å². The number of nitrogens with zero attached hydrogens (tertiary/aromatic N) is 2. The predicted octanol–water partition coefficient (Wildman–Crippen LogP) is 3.46. The molecule has 1 aromatic rings. The van der Waals surface area contributed by atoms with Crippen molar-refractivity contribution in [2.24, 2.45) is 0 Å². The molecular formula is C18H26F3N3O3. The number of aromatic nitrogens is 2. The van der Waals surface area contributed by atoms with Gasteiger partial charge in [0.1, 0.15) is 12.1 Å². The number of carboxylic acid groups (broad SMARTS) is 1. The zero-order valence-electron chi connectivity index (χ0n) is 15.8. The van der Waals surface area contributed by atoms with Gasteiger partial charge in [0.15, 0.2) is 0 Å². The Kier molecular flexibility index (Phi) is 6.21. The van der Waals surface area contributed by atoms with Crippen LogP contribution in [0.3, 0.4) is 0 Å². The van der Waals surface area contributed by atoms with Crippen molar-refractivity contribution in [2.75, 3.05) is 0 Å². The van der Waals surface area contributed by atoms with Crippen LogP contribution < -0.4 is 5.32 Å². The molecule has 1 aliphatic carbocycles. The second kappa shape index (κ2) is 7.90. The van der Waals surface area contributed by atoms with Gasteiger partial charge >= 0.3 is 12.1 Å². The molecule has 1 amide bonds. The molecule has 1 heterocycles. The molecule has 152 valence electrons. The maximum Gasteiger partial charge on any atom is 0.408 e. The highest BCUT2D eigenvalue weighted by Crippen LogP contribution is 2.30. The van der Waals surface area contributed by atoms with Crippen molar-refractivity contribution in [3.8, 4) is 0 Å². The molecule has 2 N–H and O–H groups in total. The monoisotopic (exact) mass is 389 g/mol. The van der Waals surface area contributed by atoms with Crippen LogP contribution in [0.5, 0.6) is 0 Å². The molecule has 1 aliphatic rings. The average Bonchev–Trinajstić information content (AvgIpc) is 2.73. The van der Waals surface area contributed by atoms with E-state index in [9.17, 15) is 27.9 Å². The van der Waals surface area contributed by atoms with E-state index in [-0.39, 0.29) is 5.69 Å². The highest BCUT2D eigenvalue weighted by molar-refractivity contribution is 5.90. The average molecular weight is 389 g/mol. The van der Waals surface area contributed by atoms with E-state index in [1.165, 1.54) is 6.92 Å². The topological polar surface area (TPSA) is 84.2 Å². The van der Waals surface area contributed by atoms with E-state index in [4.69, 9.17) is 0 Å². The fraction of sp³-hybridized carbons (Fsp3) is 0.722. The van der Waals surface area contributed by atoms with Crippen LogP contribution in [0.25, 0.3) is 0 Å². The molecule has 1 aromatic heterocycles. The van der Waals surface area contributed by atoms with Crippen LogP contribution in [0.1, 0.15) is 68.3 Å². The van der Waals surface area contributed by atoms with E-state index in [0.29, 0.717) is 36.9 Å². The summed E-state index contributed by atoms with van der Waals surface area (Å²) in [5.41, 5.74) is -0.306. The van der Waals surface area contributed by atoms with Gasteiger partial charge in [-0.25, -0.2) is 4.79 Å². The number of amides is 1. The van der Waals surface area contributed by atoms with Crippen LogP contribution in [0.15, 0.2) is 0 Å². The second-order valence-corrected chi connectivity index (χ2v) is 7.37. The first-order valence-electron chi connectivity index (χ1n) is 9.13. The molecule has 0 spiro atoms. The van der Waals surface area contributed by atoms with Gasteiger partial charge in [0.05, 0.1) is 11.6 Å². The molecule has 1 saturated carbocycles. The lowest BCUT2D eigenvalue weighted by atomic mass is 9.88. The minimum atomic E-state index is -4.42. The molecule has 1 fully saturated rings. The smallest absolute Gasteiger partial charge is 0.408 e. The molecule has 0 aromatic carbocycles. The quantitative estimate of drug-likeness (QED) is 0.756. The number of hydrogen-bond donors (Lipinski definition) is 2. The Hall–Kier alpha value is -2.06. The van der Waals surface area contributed by atoms with E-state index >= 15 is 0 Å². The van der Waals surface area contributed by atoms with Crippen molar-refractivity contribution in [3.63, 3.8) is 0 Å².